The Balaban J connectivity index is 1.48. The lowest BCUT2D eigenvalue weighted by Crippen LogP contribution is -2.28. The summed E-state index contributed by atoms with van der Waals surface area (Å²) in [5.74, 6) is 1.14. The molecule has 4 nitrogen and oxygen atoms in total. The number of nitrogens with one attached hydrogen (secondary N) is 1. The van der Waals surface area contributed by atoms with Gasteiger partial charge in [0.1, 0.15) is 12.4 Å². The summed E-state index contributed by atoms with van der Waals surface area (Å²) in [6.07, 6.45) is 3.73. The van der Waals surface area contributed by atoms with Crippen molar-refractivity contribution < 1.29 is 9.53 Å². The molecule has 3 N–H and O–H groups in total. The maximum absolute atomic E-state index is 12.1. The Labute approximate surface area is 143 Å². The molecule has 0 spiro atoms. The number of hydrogen-bond donors (Lipinski definition) is 2. The summed E-state index contributed by atoms with van der Waals surface area (Å²) in [4.78, 5) is 12.1. The first kappa shape index (κ1) is 16.5. The van der Waals surface area contributed by atoms with Crippen molar-refractivity contribution in [3.8, 4) is 5.75 Å². The van der Waals surface area contributed by atoms with Crippen molar-refractivity contribution in [1.29, 1.82) is 0 Å². The molecule has 0 aliphatic heterocycles. The number of nitrogens with two attached hydrogens (primary N) is 1. The molecule has 1 saturated carbocycles. The van der Waals surface area contributed by atoms with Gasteiger partial charge in [-0.25, -0.2) is 0 Å². The van der Waals surface area contributed by atoms with Gasteiger partial charge in [0.25, 0.3) is 0 Å². The van der Waals surface area contributed by atoms with Crippen molar-refractivity contribution in [2.75, 3.05) is 5.32 Å². The van der Waals surface area contributed by atoms with Crippen LogP contribution in [0, 0.1) is 5.92 Å². The minimum atomic E-state index is 0.0373. The number of carbonyl (C=O) groups excluding carboxylic acids is 1. The van der Waals surface area contributed by atoms with Gasteiger partial charge in [-0.3, -0.25) is 4.79 Å². The van der Waals surface area contributed by atoms with Crippen LogP contribution in [-0.2, 0) is 11.4 Å². The number of anilines is 1. The van der Waals surface area contributed by atoms with Crippen molar-refractivity contribution in [1.82, 2.24) is 0 Å². The molecule has 2 atom stereocenters. The minimum absolute atomic E-state index is 0.0373. The molecule has 0 unspecified atom stereocenters. The van der Waals surface area contributed by atoms with E-state index in [0.29, 0.717) is 18.9 Å². The van der Waals surface area contributed by atoms with Gasteiger partial charge in [-0.1, -0.05) is 36.8 Å². The highest BCUT2D eigenvalue weighted by Crippen LogP contribution is 2.27. The van der Waals surface area contributed by atoms with E-state index in [4.69, 9.17) is 10.5 Å². The highest BCUT2D eigenvalue weighted by atomic mass is 16.5. The van der Waals surface area contributed by atoms with Crippen LogP contribution in [0.1, 0.15) is 31.2 Å². The highest BCUT2D eigenvalue weighted by Gasteiger charge is 2.25. The molecule has 1 aliphatic rings. The molecule has 2 aromatic rings. The van der Waals surface area contributed by atoms with Crippen molar-refractivity contribution in [2.24, 2.45) is 11.7 Å². The van der Waals surface area contributed by atoms with Crippen LogP contribution in [0.5, 0.6) is 5.75 Å². The van der Waals surface area contributed by atoms with Gasteiger partial charge in [-0.2, -0.15) is 0 Å². The lowest BCUT2D eigenvalue weighted by molar-refractivity contribution is -0.117. The second kappa shape index (κ2) is 7.97. The van der Waals surface area contributed by atoms with Crippen LogP contribution < -0.4 is 15.8 Å². The number of hydrogen-bond acceptors (Lipinski definition) is 3. The van der Waals surface area contributed by atoms with E-state index >= 15 is 0 Å². The van der Waals surface area contributed by atoms with E-state index in [1.165, 1.54) is 0 Å². The standard InChI is InChI=1S/C20H24N2O2/c21-19-8-4-7-16(19)13-20(23)22-17-9-11-18(12-10-17)24-14-15-5-2-1-3-6-15/h1-3,5-6,9-12,16,19H,4,7-8,13-14,21H2,(H,22,23)/t16-,19+/m0/s1. The summed E-state index contributed by atoms with van der Waals surface area (Å²) in [5, 5.41) is 2.94. The predicted molar refractivity (Wildman–Crippen MR) is 95.8 cm³/mol. The van der Waals surface area contributed by atoms with Crippen LogP contribution in [0.2, 0.25) is 0 Å². The zero-order chi connectivity index (χ0) is 16.8. The Bertz CT molecular complexity index is 655. The van der Waals surface area contributed by atoms with Crippen LogP contribution in [0.15, 0.2) is 54.6 Å². The van der Waals surface area contributed by atoms with E-state index in [0.717, 1.165) is 36.3 Å². The number of rotatable bonds is 6. The van der Waals surface area contributed by atoms with Gasteiger partial charge in [0.2, 0.25) is 5.91 Å². The van der Waals surface area contributed by atoms with Crippen LogP contribution in [-0.4, -0.2) is 11.9 Å². The molecule has 0 bridgehead atoms. The van der Waals surface area contributed by atoms with E-state index in [1.807, 2.05) is 54.6 Å². The fourth-order valence-electron chi connectivity index (χ4n) is 3.14. The van der Waals surface area contributed by atoms with Gasteiger partial charge in [-0.15, -0.1) is 0 Å². The summed E-state index contributed by atoms with van der Waals surface area (Å²) in [6, 6.07) is 17.7. The fraction of sp³-hybridized carbons (Fsp3) is 0.350. The van der Waals surface area contributed by atoms with Crippen molar-refractivity contribution in [3.05, 3.63) is 60.2 Å². The zero-order valence-corrected chi connectivity index (χ0v) is 13.8. The summed E-state index contributed by atoms with van der Waals surface area (Å²) in [5.41, 5.74) is 7.94. The Hall–Kier alpha value is -2.33. The molecule has 3 rings (SSSR count). The zero-order valence-electron chi connectivity index (χ0n) is 13.8. The number of amides is 1. The maximum Gasteiger partial charge on any atom is 0.224 e. The van der Waals surface area contributed by atoms with Crippen molar-refractivity contribution >= 4 is 11.6 Å². The molecule has 126 valence electrons. The number of carbonyl (C=O) groups is 1. The molecule has 1 fully saturated rings. The number of ether oxygens (including phenoxy) is 1. The Morgan fingerprint density at radius 1 is 1.08 bits per heavy atom. The fourth-order valence-corrected chi connectivity index (χ4v) is 3.14. The minimum Gasteiger partial charge on any atom is -0.489 e. The Morgan fingerprint density at radius 2 is 1.83 bits per heavy atom. The molecule has 2 aromatic carbocycles. The SMILES string of the molecule is N[C@@H]1CCC[C@H]1CC(=O)Nc1ccc(OCc2ccccc2)cc1. The van der Waals surface area contributed by atoms with Gasteiger partial charge in [0.05, 0.1) is 0 Å². The van der Waals surface area contributed by atoms with Gasteiger partial charge in [0, 0.05) is 18.2 Å². The first-order valence-electron chi connectivity index (χ1n) is 8.53. The third-order valence-corrected chi connectivity index (χ3v) is 4.55. The average molecular weight is 324 g/mol. The molecular weight excluding hydrogens is 300 g/mol. The Morgan fingerprint density at radius 3 is 2.50 bits per heavy atom. The van der Waals surface area contributed by atoms with Crippen LogP contribution in [0.3, 0.4) is 0 Å². The predicted octanol–water partition coefficient (Wildman–Crippen LogP) is 3.72. The molecule has 1 amide bonds. The summed E-state index contributed by atoms with van der Waals surface area (Å²) < 4.78 is 5.74. The normalized spacial score (nSPS) is 19.9. The molecular formula is C20H24N2O2. The molecule has 24 heavy (non-hydrogen) atoms. The van der Waals surface area contributed by atoms with Crippen molar-refractivity contribution in [2.45, 2.75) is 38.3 Å². The number of benzene rings is 2. The maximum atomic E-state index is 12.1. The highest BCUT2D eigenvalue weighted by molar-refractivity contribution is 5.90. The summed E-state index contributed by atoms with van der Waals surface area (Å²) in [7, 11) is 0. The largest absolute Gasteiger partial charge is 0.489 e. The lowest BCUT2D eigenvalue weighted by atomic mass is 10.00. The second-order valence-corrected chi connectivity index (χ2v) is 6.41. The molecule has 0 heterocycles. The molecule has 1 aliphatic carbocycles. The molecule has 0 aromatic heterocycles. The molecule has 4 heteroatoms. The summed E-state index contributed by atoms with van der Waals surface area (Å²) >= 11 is 0. The van der Waals surface area contributed by atoms with E-state index in [9.17, 15) is 4.79 Å². The van der Waals surface area contributed by atoms with Crippen molar-refractivity contribution in [3.63, 3.8) is 0 Å². The van der Waals surface area contributed by atoms with Crippen LogP contribution in [0.4, 0.5) is 5.69 Å². The van der Waals surface area contributed by atoms with E-state index < -0.39 is 0 Å². The summed E-state index contributed by atoms with van der Waals surface area (Å²) in [6.45, 7) is 0.534. The van der Waals surface area contributed by atoms with E-state index in [1.54, 1.807) is 0 Å². The molecule has 0 saturated heterocycles. The van der Waals surface area contributed by atoms with Gasteiger partial charge in [-0.05, 0) is 48.6 Å². The van der Waals surface area contributed by atoms with E-state index in [2.05, 4.69) is 5.32 Å². The quantitative estimate of drug-likeness (QED) is 0.851. The third kappa shape index (κ3) is 4.59. The third-order valence-electron chi connectivity index (χ3n) is 4.55. The average Bonchev–Trinajstić information content (AvgIpc) is 3.00. The second-order valence-electron chi connectivity index (χ2n) is 6.41. The monoisotopic (exact) mass is 324 g/mol. The Kier molecular flexibility index (Phi) is 5.49. The lowest BCUT2D eigenvalue weighted by Gasteiger charge is -2.15. The first-order valence-corrected chi connectivity index (χ1v) is 8.53. The van der Waals surface area contributed by atoms with Crippen LogP contribution >= 0.6 is 0 Å². The van der Waals surface area contributed by atoms with E-state index in [-0.39, 0.29) is 11.9 Å². The topological polar surface area (TPSA) is 64.4 Å². The smallest absolute Gasteiger partial charge is 0.224 e. The first-order chi connectivity index (χ1) is 11.7. The van der Waals surface area contributed by atoms with Gasteiger partial charge < -0.3 is 15.8 Å². The van der Waals surface area contributed by atoms with Gasteiger partial charge in [0.15, 0.2) is 0 Å². The van der Waals surface area contributed by atoms with Gasteiger partial charge >= 0.3 is 0 Å². The molecule has 0 radical (unpaired) electrons. The van der Waals surface area contributed by atoms with Crippen LogP contribution in [0.25, 0.3) is 0 Å².